The number of hydrogen-bond donors (Lipinski definition) is 2. The van der Waals surface area contributed by atoms with Gasteiger partial charge in [-0.05, 0) is 43.5 Å². The molecule has 3 rings (SSSR count). The molecule has 1 aromatic carbocycles. The van der Waals surface area contributed by atoms with Crippen molar-refractivity contribution in [1.82, 2.24) is 15.3 Å². The molecule has 1 fully saturated rings. The van der Waals surface area contributed by atoms with Crippen LogP contribution in [0.15, 0.2) is 30.3 Å². The lowest BCUT2D eigenvalue weighted by molar-refractivity contribution is 0.0949. The van der Waals surface area contributed by atoms with Crippen LogP contribution in [0.5, 0.6) is 0 Å². The number of nitrogens with zero attached hydrogens (tertiary/aromatic N) is 2. The average Bonchev–Trinajstić information content (AvgIpc) is 2.94. The lowest BCUT2D eigenvalue weighted by atomic mass is 10.1. The van der Waals surface area contributed by atoms with Crippen LogP contribution in [0.4, 0.5) is 10.3 Å². The van der Waals surface area contributed by atoms with E-state index in [4.69, 9.17) is 0 Å². The van der Waals surface area contributed by atoms with Gasteiger partial charge in [0.25, 0.3) is 5.91 Å². The van der Waals surface area contributed by atoms with E-state index >= 15 is 0 Å². The van der Waals surface area contributed by atoms with Crippen molar-refractivity contribution in [2.45, 2.75) is 25.8 Å². The number of carbonyl (C=O) groups excluding carboxylic acids is 1. The Morgan fingerprint density at radius 3 is 2.67 bits per heavy atom. The summed E-state index contributed by atoms with van der Waals surface area (Å²) in [6.45, 7) is 2.13. The molecule has 1 atom stereocenters. The van der Waals surface area contributed by atoms with Gasteiger partial charge in [0.15, 0.2) is 9.84 Å². The Hall–Kier alpha value is -2.55. The van der Waals surface area contributed by atoms with Crippen molar-refractivity contribution in [3.8, 4) is 0 Å². The second-order valence-corrected chi connectivity index (χ2v) is 8.82. The second-order valence-electron chi connectivity index (χ2n) is 6.59. The highest BCUT2D eigenvalue weighted by Crippen LogP contribution is 2.16. The van der Waals surface area contributed by atoms with Crippen LogP contribution in [0.3, 0.4) is 0 Å². The third kappa shape index (κ3) is 5.46. The van der Waals surface area contributed by atoms with Gasteiger partial charge < -0.3 is 10.6 Å². The minimum Gasteiger partial charge on any atom is -0.350 e. The van der Waals surface area contributed by atoms with Gasteiger partial charge in [-0.1, -0.05) is 12.1 Å². The highest BCUT2D eigenvalue weighted by molar-refractivity contribution is 7.91. The minimum absolute atomic E-state index is 0.0451. The predicted octanol–water partition coefficient (Wildman–Crippen LogP) is 1.50. The van der Waals surface area contributed by atoms with Crippen LogP contribution in [0.2, 0.25) is 0 Å². The molecular weight excluding hydrogens is 371 g/mol. The normalized spacial score (nSPS) is 18.2. The number of carbonyl (C=O) groups is 1. The highest BCUT2D eigenvalue weighted by Gasteiger charge is 2.28. The summed E-state index contributed by atoms with van der Waals surface area (Å²) in [4.78, 5) is 20.8. The summed E-state index contributed by atoms with van der Waals surface area (Å²) in [5, 5.41) is 5.78. The standard InChI is InChI=1S/C18H21FN4O3S/c1-12-10-16(17(24)20-8-6-13-2-4-14(19)5-3-13)23-18(21-12)22-15-7-9-27(25,26)11-15/h2-5,10,15H,6-9,11H2,1H3,(H,20,24)(H,21,22,23). The van der Waals surface area contributed by atoms with Gasteiger partial charge in [0.2, 0.25) is 5.95 Å². The average molecular weight is 392 g/mol. The van der Waals surface area contributed by atoms with Crippen LogP contribution in [0.25, 0.3) is 0 Å². The lowest BCUT2D eigenvalue weighted by Crippen LogP contribution is -2.28. The fourth-order valence-electron chi connectivity index (χ4n) is 2.90. The molecule has 2 N–H and O–H groups in total. The van der Waals surface area contributed by atoms with Gasteiger partial charge in [0, 0.05) is 18.3 Å². The maximum absolute atomic E-state index is 12.9. The van der Waals surface area contributed by atoms with Crippen molar-refractivity contribution in [1.29, 1.82) is 0 Å². The number of halogens is 1. The molecule has 1 amide bonds. The summed E-state index contributed by atoms with van der Waals surface area (Å²) in [7, 11) is -3.01. The number of rotatable bonds is 6. The number of amides is 1. The van der Waals surface area contributed by atoms with Crippen LogP contribution in [0, 0.1) is 12.7 Å². The molecule has 1 unspecified atom stereocenters. The van der Waals surface area contributed by atoms with Gasteiger partial charge in [-0.15, -0.1) is 0 Å². The molecule has 27 heavy (non-hydrogen) atoms. The zero-order valence-corrected chi connectivity index (χ0v) is 15.7. The molecule has 2 aromatic rings. The summed E-state index contributed by atoms with van der Waals surface area (Å²) in [5.74, 6) is -0.198. The van der Waals surface area contributed by atoms with E-state index in [-0.39, 0.29) is 40.9 Å². The zero-order valence-electron chi connectivity index (χ0n) is 14.9. The van der Waals surface area contributed by atoms with Crippen LogP contribution in [0.1, 0.15) is 28.2 Å². The summed E-state index contributed by atoms with van der Waals surface area (Å²) in [6.07, 6.45) is 1.07. The number of aromatic nitrogens is 2. The molecular formula is C18H21FN4O3S. The van der Waals surface area contributed by atoms with Crippen molar-refractivity contribution < 1.29 is 17.6 Å². The first-order valence-corrected chi connectivity index (χ1v) is 10.5. The maximum atomic E-state index is 12.9. The molecule has 9 heteroatoms. The summed E-state index contributed by atoms with van der Waals surface area (Å²) < 4.78 is 36.0. The molecule has 144 valence electrons. The van der Waals surface area contributed by atoms with Crippen LogP contribution in [-0.4, -0.2) is 48.4 Å². The SMILES string of the molecule is Cc1cc(C(=O)NCCc2ccc(F)cc2)nc(NC2CCS(=O)(=O)C2)n1. The fraction of sp³-hybridized carbons (Fsp3) is 0.389. The molecule has 1 aliphatic heterocycles. The molecule has 0 bridgehead atoms. The summed E-state index contributed by atoms with van der Waals surface area (Å²) in [5.41, 5.74) is 1.74. The second kappa shape index (κ2) is 7.99. The van der Waals surface area contributed by atoms with E-state index in [1.54, 1.807) is 25.1 Å². The molecule has 1 aliphatic rings. The zero-order chi connectivity index (χ0) is 19.4. The molecule has 0 saturated carbocycles. The molecule has 0 spiro atoms. The fourth-order valence-corrected chi connectivity index (χ4v) is 4.58. The number of hydrogen-bond acceptors (Lipinski definition) is 6. The molecule has 1 aromatic heterocycles. The van der Waals surface area contributed by atoms with Gasteiger partial charge in [0.05, 0.1) is 11.5 Å². The van der Waals surface area contributed by atoms with Gasteiger partial charge in [-0.25, -0.2) is 22.8 Å². The van der Waals surface area contributed by atoms with Crippen molar-refractivity contribution in [2.24, 2.45) is 0 Å². The molecule has 2 heterocycles. The summed E-state index contributed by atoms with van der Waals surface area (Å²) in [6, 6.07) is 7.44. The van der Waals surface area contributed by atoms with Crippen molar-refractivity contribution in [3.63, 3.8) is 0 Å². The van der Waals surface area contributed by atoms with Crippen LogP contribution >= 0.6 is 0 Å². The molecule has 7 nitrogen and oxygen atoms in total. The monoisotopic (exact) mass is 392 g/mol. The van der Waals surface area contributed by atoms with Gasteiger partial charge in [0.1, 0.15) is 11.5 Å². The predicted molar refractivity (Wildman–Crippen MR) is 99.9 cm³/mol. The van der Waals surface area contributed by atoms with Crippen molar-refractivity contribution >= 4 is 21.7 Å². The number of sulfone groups is 1. The van der Waals surface area contributed by atoms with E-state index in [1.807, 2.05) is 0 Å². The molecule has 1 saturated heterocycles. The quantitative estimate of drug-likeness (QED) is 0.773. The molecule has 0 aliphatic carbocycles. The van der Waals surface area contributed by atoms with E-state index in [1.165, 1.54) is 12.1 Å². The van der Waals surface area contributed by atoms with Crippen LogP contribution < -0.4 is 10.6 Å². The number of aryl methyl sites for hydroxylation is 1. The van der Waals surface area contributed by atoms with E-state index in [9.17, 15) is 17.6 Å². The summed E-state index contributed by atoms with van der Waals surface area (Å²) >= 11 is 0. The van der Waals surface area contributed by atoms with E-state index in [0.29, 0.717) is 25.1 Å². The largest absolute Gasteiger partial charge is 0.350 e. The minimum atomic E-state index is -3.01. The Morgan fingerprint density at radius 1 is 1.26 bits per heavy atom. The first-order valence-electron chi connectivity index (χ1n) is 8.66. The Kier molecular flexibility index (Phi) is 5.69. The first kappa shape index (κ1) is 19.2. The Balaban J connectivity index is 1.59. The third-order valence-electron chi connectivity index (χ3n) is 4.27. The smallest absolute Gasteiger partial charge is 0.270 e. The van der Waals surface area contributed by atoms with Crippen LogP contribution in [-0.2, 0) is 16.3 Å². The van der Waals surface area contributed by atoms with Gasteiger partial charge >= 0.3 is 0 Å². The number of nitrogens with one attached hydrogen (secondary N) is 2. The molecule has 0 radical (unpaired) electrons. The van der Waals surface area contributed by atoms with Crippen molar-refractivity contribution in [3.05, 3.63) is 53.1 Å². The van der Waals surface area contributed by atoms with Crippen molar-refractivity contribution in [2.75, 3.05) is 23.4 Å². The lowest BCUT2D eigenvalue weighted by Gasteiger charge is -2.12. The van der Waals surface area contributed by atoms with E-state index in [2.05, 4.69) is 20.6 Å². The Bertz CT molecular complexity index is 932. The maximum Gasteiger partial charge on any atom is 0.270 e. The van der Waals surface area contributed by atoms with E-state index in [0.717, 1.165) is 5.56 Å². The Morgan fingerprint density at radius 2 is 2.00 bits per heavy atom. The Labute approximate surface area is 157 Å². The van der Waals surface area contributed by atoms with E-state index < -0.39 is 9.84 Å². The topological polar surface area (TPSA) is 101 Å². The first-order chi connectivity index (χ1) is 12.8. The van der Waals surface area contributed by atoms with Gasteiger partial charge in [-0.3, -0.25) is 4.79 Å². The third-order valence-corrected chi connectivity index (χ3v) is 6.03. The number of benzene rings is 1. The highest BCUT2D eigenvalue weighted by atomic mass is 32.2. The van der Waals surface area contributed by atoms with Gasteiger partial charge in [-0.2, -0.15) is 0 Å². The number of anilines is 1.